The van der Waals surface area contributed by atoms with Crippen molar-refractivity contribution >= 4 is 11.5 Å². The topological polar surface area (TPSA) is 22.0 Å². The summed E-state index contributed by atoms with van der Waals surface area (Å²) in [5.41, 5.74) is 0.191. The van der Waals surface area contributed by atoms with E-state index in [2.05, 4.69) is 13.8 Å². The van der Waals surface area contributed by atoms with E-state index in [1.54, 1.807) is 17.6 Å². The number of rotatable bonds is 16. The normalized spacial score (nSPS) is 11.5. The van der Waals surface area contributed by atoms with Gasteiger partial charge in [-0.15, -0.1) is 0 Å². The van der Waals surface area contributed by atoms with Crippen LogP contribution in [0.15, 0.2) is 16.2 Å². The van der Waals surface area contributed by atoms with Gasteiger partial charge in [0.2, 0.25) is 0 Å². The molecular weight excluding hydrogens is 314 g/mol. The van der Waals surface area contributed by atoms with Gasteiger partial charge in [-0.2, -0.15) is 0 Å². The third-order valence-corrected chi connectivity index (χ3v) is 5.84. The van der Waals surface area contributed by atoms with Crippen LogP contribution in [0, 0.1) is 5.92 Å². The van der Waals surface area contributed by atoms with Gasteiger partial charge in [0.1, 0.15) is 0 Å². The Kier molecular flexibility index (Phi) is 13.2. The molecule has 0 N–H and O–H groups in total. The summed E-state index contributed by atoms with van der Waals surface area (Å²) in [5, 5.41) is 1.93. The summed E-state index contributed by atoms with van der Waals surface area (Å²) in [4.78, 5) is 11.8. The number of aromatic nitrogens is 1. The Morgan fingerprint density at radius 1 is 0.833 bits per heavy atom. The van der Waals surface area contributed by atoms with E-state index in [0.29, 0.717) is 5.92 Å². The van der Waals surface area contributed by atoms with Gasteiger partial charge in [0.25, 0.3) is 5.56 Å². The van der Waals surface area contributed by atoms with Crippen molar-refractivity contribution in [2.24, 2.45) is 5.92 Å². The predicted octanol–water partition coefficient (Wildman–Crippen LogP) is 7.03. The van der Waals surface area contributed by atoms with E-state index >= 15 is 0 Å². The molecule has 1 aromatic rings. The molecule has 1 rings (SSSR count). The van der Waals surface area contributed by atoms with E-state index in [0.717, 1.165) is 6.54 Å². The maximum absolute atomic E-state index is 11.8. The van der Waals surface area contributed by atoms with E-state index in [-0.39, 0.29) is 5.56 Å². The number of unbranched alkanes of at least 4 members (excludes halogenated alkanes) is 10. The second kappa shape index (κ2) is 14.7. The summed E-state index contributed by atoms with van der Waals surface area (Å²) in [7, 11) is 0. The summed E-state index contributed by atoms with van der Waals surface area (Å²) in [6.45, 7) is 5.49. The Morgan fingerprint density at radius 2 is 1.33 bits per heavy atom. The lowest BCUT2D eigenvalue weighted by Gasteiger charge is -2.17. The van der Waals surface area contributed by atoms with Gasteiger partial charge in [0.05, 0.1) is 0 Å². The lowest BCUT2D eigenvalue weighted by Crippen LogP contribution is -2.18. The largest absolute Gasteiger partial charge is 0.268 e. The van der Waals surface area contributed by atoms with Gasteiger partial charge < -0.3 is 0 Å². The summed E-state index contributed by atoms with van der Waals surface area (Å²) in [6.07, 6.45) is 19.0. The van der Waals surface area contributed by atoms with Crippen molar-refractivity contribution in [1.29, 1.82) is 0 Å². The van der Waals surface area contributed by atoms with Crippen LogP contribution in [0.25, 0.3) is 0 Å². The lowest BCUT2D eigenvalue weighted by atomic mass is 9.94. The molecule has 140 valence electrons. The lowest BCUT2D eigenvalue weighted by molar-refractivity contribution is 0.363. The van der Waals surface area contributed by atoms with Crippen LogP contribution in [0.3, 0.4) is 0 Å². The highest BCUT2D eigenvalue weighted by Gasteiger charge is 2.11. The molecule has 0 saturated carbocycles. The second-order valence-electron chi connectivity index (χ2n) is 7.29. The molecular formula is C21H39NOS. The molecule has 0 aliphatic heterocycles. The maximum Gasteiger partial charge on any atom is 0.260 e. The van der Waals surface area contributed by atoms with Crippen LogP contribution < -0.4 is 5.56 Å². The Balaban J connectivity index is 2.27. The number of hydrogen-bond acceptors (Lipinski definition) is 2. The Labute approximate surface area is 153 Å². The zero-order valence-electron chi connectivity index (χ0n) is 16.1. The highest BCUT2D eigenvalue weighted by molar-refractivity contribution is 7.04. The highest BCUT2D eigenvalue weighted by atomic mass is 32.1. The number of nitrogens with zero attached hydrogens (tertiary/aromatic N) is 1. The molecule has 24 heavy (non-hydrogen) atoms. The Bertz CT molecular complexity index is 421. The van der Waals surface area contributed by atoms with E-state index in [9.17, 15) is 4.79 Å². The van der Waals surface area contributed by atoms with Gasteiger partial charge >= 0.3 is 0 Å². The van der Waals surface area contributed by atoms with Gasteiger partial charge in [-0.1, -0.05) is 102 Å². The molecule has 0 spiro atoms. The van der Waals surface area contributed by atoms with Gasteiger partial charge in [-0.05, 0) is 18.8 Å². The van der Waals surface area contributed by atoms with Crippen LogP contribution in [0.5, 0.6) is 0 Å². The summed E-state index contributed by atoms with van der Waals surface area (Å²) >= 11 is 1.58. The van der Waals surface area contributed by atoms with E-state index in [1.807, 2.05) is 9.34 Å². The minimum atomic E-state index is 0.191. The van der Waals surface area contributed by atoms with Crippen molar-refractivity contribution in [3.63, 3.8) is 0 Å². The number of hydrogen-bond donors (Lipinski definition) is 0. The fraction of sp³-hybridized carbons (Fsp3) is 0.857. The zero-order valence-corrected chi connectivity index (χ0v) is 16.9. The molecule has 0 aliphatic carbocycles. The Morgan fingerprint density at radius 3 is 1.79 bits per heavy atom. The smallest absolute Gasteiger partial charge is 0.260 e. The maximum atomic E-state index is 11.8. The first-order valence-corrected chi connectivity index (χ1v) is 11.3. The van der Waals surface area contributed by atoms with Crippen LogP contribution in [0.2, 0.25) is 0 Å². The minimum Gasteiger partial charge on any atom is -0.268 e. The molecule has 1 heterocycles. The molecule has 0 aromatic carbocycles. The van der Waals surface area contributed by atoms with Crippen molar-refractivity contribution in [2.75, 3.05) is 0 Å². The van der Waals surface area contributed by atoms with Crippen molar-refractivity contribution in [1.82, 2.24) is 3.96 Å². The summed E-state index contributed by atoms with van der Waals surface area (Å²) in [6, 6.07) is 1.71. The molecule has 0 bridgehead atoms. The molecule has 0 radical (unpaired) electrons. The quantitative estimate of drug-likeness (QED) is 0.292. The fourth-order valence-electron chi connectivity index (χ4n) is 3.42. The molecule has 0 amide bonds. The first kappa shape index (κ1) is 21.5. The van der Waals surface area contributed by atoms with Crippen molar-refractivity contribution in [3.05, 3.63) is 21.8 Å². The third-order valence-electron chi connectivity index (χ3n) is 5.00. The van der Waals surface area contributed by atoms with Gasteiger partial charge in [-0.25, -0.2) is 0 Å². The molecule has 0 fully saturated rings. The SMILES string of the molecule is CCCCCCCCC(CCCCCCCC)Cn1sccc1=O. The van der Waals surface area contributed by atoms with Crippen LogP contribution in [0.1, 0.15) is 104 Å². The Hall–Kier alpha value is -0.570. The zero-order chi connectivity index (χ0) is 17.5. The van der Waals surface area contributed by atoms with E-state index < -0.39 is 0 Å². The summed E-state index contributed by atoms with van der Waals surface area (Å²) < 4.78 is 1.96. The van der Waals surface area contributed by atoms with Crippen LogP contribution in [0.4, 0.5) is 0 Å². The summed E-state index contributed by atoms with van der Waals surface area (Å²) in [5.74, 6) is 0.693. The monoisotopic (exact) mass is 353 g/mol. The minimum absolute atomic E-state index is 0.191. The standard InChI is InChI=1S/C21H39NOS/c1-3-5-7-9-11-13-15-20(16-14-12-10-8-6-4-2)19-22-21(23)17-18-24-22/h17-18,20H,3-16,19H2,1-2H3. The molecule has 0 aliphatic rings. The molecule has 0 atom stereocenters. The first-order chi connectivity index (χ1) is 11.8. The van der Waals surface area contributed by atoms with Crippen molar-refractivity contribution < 1.29 is 0 Å². The highest BCUT2D eigenvalue weighted by Crippen LogP contribution is 2.21. The second-order valence-corrected chi connectivity index (χ2v) is 8.21. The van der Waals surface area contributed by atoms with Crippen LogP contribution in [-0.2, 0) is 6.54 Å². The third kappa shape index (κ3) is 10.3. The molecule has 0 unspecified atom stereocenters. The molecule has 1 aromatic heterocycles. The van der Waals surface area contributed by atoms with Crippen LogP contribution in [-0.4, -0.2) is 3.96 Å². The first-order valence-electron chi connectivity index (χ1n) is 10.4. The van der Waals surface area contributed by atoms with Crippen molar-refractivity contribution in [2.45, 2.75) is 110 Å². The molecule has 0 saturated heterocycles. The van der Waals surface area contributed by atoms with Gasteiger partial charge in [-0.3, -0.25) is 8.75 Å². The van der Waals surface area contributed by atoms with E-state index in [4.69, 9.17) is 0 Å². The molecule has 3 heteroatoms. The van der Waals surface area contributed by atoms with Gasteiger partial charge in [0.15, 0.2) is 0 Å². The van der Waals surface area contributed by atoms with Gasteiger partial charge in [0, 0.05) is 18.0 Å². The van der Waals surface area contributed by atoms with Crippen LogP contribution >= 0.6 is 11.5 Å². The van der Waals surface area contributed by atoms with Crippen molar-refractivity contribution in [3.8, 4) is 0 Å². The fourth-order valence-corrected chi connectivity index (χ4v) is 4.20. The average molecular weight is 354 g/mol. The predicted molar refractivity (Wildman–Crippen MR) is 108 cm³/mol. The van der Waals surface area contributed by atoms with E-state index in [1.165, 1.54) is 89.9 Å². The molecule has 2 nitrogen and oxygen atoms in total. The average Bonchev–Trinajstić information content (AvgIpc) is 2.98.